The second-order valence-electron chi connectivity index (χ2n) is 4.70. The van der Waals surface area contributed by atoms with Gasteiger partial charge in [-0.15, -0.1) is 0 Å². The first-order valence-electron chi connectivity index (χ1n) is 5.97. The van der Waals surface area contributed by atoms with Crippen molar-refractivity contribution in [2.75, 3.05) is 19.4 Å². The molecule has 5 N–H and O–H groups in total. The molecule has 0 saturated heterocycles. The van der Waals surface area contributed by atoms with Crippen molar-refractivity contribution in [3.8, 4) is 0 Å². The lowest BCUT2D eigenvalue weighted by Crippen LogP contribution is -2.38. The zero-order valence-electron chi connectivity index (χ0n) is 11.2. The molecule has 1 atom stereocenters. The fourth-order valence-corrected chi connectivity index (χ4v) is 1.60. The number of nitrogens with one attached hydrogen (secondary N) is 1. The van der Waals surface area contributed by atoms with Gasteiger partial charge in [0.15, 0.2) is 0 Å². The van der Waals surface area contributed by atoms with E-state index in [1.165, 1.54) is 0 Å². The molecule has 0 saturated carbocycles. The van der Waals surface area contributed by atoms with E-state index in [4.69, 9.17) is 11.5 Å². The van der Waals surface area contributed by atoms with Crippen LogP contribution >= 0.6 is 0 Å². The van der Waals surface area contributed by atoms with Gasteiger partial charge in [-0.2, -0.15) is 0 Å². The molecular weight excluding hydrogens is 244 g/mol. The molecule has 0 radical (unpaired) electrons. The van der Waals surface area contributed by atoms with E-state index in [2.05, 4.69) is 10.2 Å². The molecule has 104 valence electrons. The maximum atomic E-state index is 11.7. The molecule has 0 fully saturated rings. The number of nitrogens with two attached hydrogens (primary N) is 2. The summed E-state index contributed by atoms with van der Waals surface area (Å²) in [5.74, 6) is -1.01. The van der Waals surface area contributed by atoms with Crippen LogP contribution in [0.25, 0.3) is 0 Å². The summed E-state index contributed by atoms with van der Waals surface area (Å²) < 4.78 is 0. The van der Waals surface area contributed by atoms with Crippen LogP contribution in [0.5, 0.6) is 0 Å². The van der Waals surface area contributed by atoms with E-state index in [0.29, 0.717) is 5.69 Å². The summed E-state index contributed by atoms with van der Waals surface area (Å²) in [6.07, 6.45) is -0.162. The Kier molecular flexibility index (Phi) is 5.47. The second-order valence-corrected chi connectivity index (χ2v) is 4.70. The van der Waals surface area contributed by atoms with Crippen LogP contribution in [0, 0.1) is 0 Å². The number of anilines is 1. The first-order chi connectivity index (χ1) is 8.88. The summed E-state index contributed by atoms with van der Waals surface area (Å²) in [7, 11) is 3.97. The predicted octanol–water partition coefficient (Wildman–Crippen LogP) is -0.111. The summed E-state index contributed by atoms with van der Waals surface area (Å²) in [5, 5.41) is 2.64. The number of amides is 2. The summed E-state index contributed by atoms with van der Waals surface area (Å²) in [5.41, 5.74) is 12.3. The van der Waals surface area contributed by atoms with E-state index < -0.39 is 17.9 Å². The normalized spacial score (nSPS) is 12.2. The smallest absolute Gasteiger partial charge is 0.241 e. The highest BCUT2D eigenvalue weighted by atomic mass is 16.2. The van der Waals surface area contributed by atoms with Crippen LogP contribution < -0.4 is 16.8 Å². The highest BCUT2D eigenvalue weighted by molar-refractivity contribution is 5.97. The Bertz CT molecular complexity index is 442. The Morgan fingerprint density at radius 2 is 1.84 bits per heavy atom. The van der Waals surface area contributed by atoms with Gasteiger partial charge in [0.1, 0.15) is 0 Å². The number of rotatable bonds is 6. The number of primary amides is 1. The van der Waals surface area contributed by atoms with Gasteiger partial charge in [0.25, 0.3) is 0 Å². The molecule has 0 aliphatic rings. The molecular formula is C13H20N4O2. The van der Waals surface area contributed by atoms with Gasteiger partial charge in [-0.3, -0.25) is 9.59 Å². The van der Waals surface area contributed by atoms with E-state index in [1.807, 2.05) is 26.2 Å². The Morgan fingerprint density at radius 3 is 2.32 bits per heavy atom. The van der Waals surface area contributed by atoms with Crippen LogP contribution in [0.4, 0.5) is 5.69 Å². The average molecular weight is 264 g/mol. The Balaban J connectivity index is 2.57. The van der Waals surface area contributed by atoms with Crippen LogP contribution in [0.2, 0.25) is 0 Å². The number of nitrogens with zero attached hydrogens (tertiary/aromatic N) is 1. The molecule has 0 heterocycles. The van der Waals surface area contributed by atoms with E-state index in [0.717, 1.165) is 12.1 Å². The lowest BCUT2D eigenvalue weighted by Gasteiger charge is -2.12. The van der Waals surface area contributed by atoms with E-state index >= 15 is 0 Å². The van der Waals surface area contributed by atoms with Crippen molar-refractivity contribution in [2.24, 2.45) is 11.5 Å². The van der Waals surface area contributed by atoms with Gasteiger partial charge in [-0.05, 0) is 31.8 Å². The molecule has 0 aliphatic heterocycles. The quantitative estimate of drug-likeness (QED) is 0.667. The molecule has 0 bridgehead atoms. The lowest BCUT2D eigenvalue weighted by atomic mass is 10.1. The molecule has 0 aliphatic carbocycles. The van der Waals surface area contributed by atoms with Gasteiger partial charge < -0.3 is 21.7 Å². The third kappa shape index (κ3) is 5.50. The van der Waals surface area contributed by atoms with Crippen LogP contribution in [-0.2, 0) is 16.1 Å². The third-order valence-corrected chi connectivity index (χ3v) is 2.48. The largest absolute Gasteiger partial charge is 0.370 e. The fraction of sp³-hybridized carbons (Fsp3) is 0.385. The van der Waals surface area contributed by atoms with Crippen LogP contribution in [0.1, 0.15) is 12.0 Å². The molecule has 6 heteroatoms. The molecule has 1 unspecified atom stereocenters. The minimum atomic E-state index is -0.918. The summed E-state index contributed by atoms with van der Waals surface area (Å²) >= 11 is 0. The van der Waals surface area contributed by atoms with Crippen LogP contribution in [0.15, 0.2) is 24.3 Å². The highest BCUT2D eigenvalue weighted by Gasteiger charge is 2.15. The first-order valence-corrected chi connectivity index (χ1v) is 5.97. The van der Waals surface area contributed by atoms with Gasteiger partial charge in [-0.25, -0.2) is 0 Å². The van der Waals surface area contributed by atoms with Crippen molar-refractivity contribution < 1.29 is 9.59 Å². The van der Waals surface area contributed by atoms with Crippen LogP contribution in [0.3, 0.4) is 0 Å². The van der Waals surface area contributed by atoms with Crippen molar-refractivity contribution in [3.63, 3.8) is 0 Å². The Labute approximate surface area is 112 Å². The highest BCUT2D eigenvalue weighted by Crippen LogP contribution is 2.11. The Morgan fingerprint density at radius 1 is 1.26 bits per heavy atom. The SMILES string of the molecule is CN(C)Cc1ccc(NC(=O)C(N)CC(N)=O)cc1. The topological polar surface area (TPSA) is 101 Å². The van der Waals surface area contributed by atoms with Crippen molar-refractivity contribution >= 4 is 17.5 Å². The minimum Gasteiger partial charge on any atom is -0.370 e. The Hall–Kier alpha value is -1.92. The predicted molar refractivity (Wildman–Crippen MR) is 74.2 cm³/mol. The zero-order chi connectivity index (χ0) is 14.4. The van der Waals surface area contributed by atoms with Gasteiger partial charge >= 0.3 is 0 Å². The molecule has 1 aromatic carbocycles. The van der Waals surface area contributed by atoms with Gasteiger partial charge in [-0.1, -0.05) is 12.1 Å². The standard InChI is InChI=1S/C13H20N4O2/c1-17(2)8-9-3-5-10(6-4-9)16-13(19)11(14)7-12(15)18/h3-6,11H,7-8,14H2,1-2H3,(H2,15,18)(H,16,19). The van der Waals surface area contributed by atoms with Crippen LogP contribution in [-0.4, -0.2) is 36.9 Å². The van der Waals surface area contributed by atoms with E-state index in [1.54, 1.807) is 12.1 Å². The van der Waals surface area contributed by atoms with Gasteiger partial charge in [0.2, 0.25) is 11.8 Å². The molecule has 1 rings (SSSR count). The molecule has 2 amide bonds. The van der Waals surface area contributed by atoms with Gasteiger partial charge in [0.05, 0.1) is 12.5 Å². The third-order valence-electron chi connectivity index (χ3n) is 2.48. The summed E-state index contributed by atoms with van der Waals surface area (Å²) in [6.45, 7) is 0.829. The molecule has 6 nitrogen and oxygen atoms in total. The molecule has 19 heavy (non-hydrogen) atoms. The van der Waals surface area contributed by atoms with Crippen molar-refractivity contribution in [1.29, 1.82) is 0 Å². The number of benzene rings is 1. The number of carbonyl (C=O) groups excluding carboxylic acids is 2. The number of hydrogen-bond donors (Lipinski definition) is 3. The van der Waals surface area contributed by atoms with E-state index in [9.17, 15) is 9.59 Å². The fourth-order valence-electron chi connectivity index (χ4n) is 1.60. The second kappa shape index (κ2) is 6.86. The summed E-state index contributed by atoms with van der Waals surface area (Å²) in [6, 6.07) is 6.53. The minimum absolute atomic E-state index is 0.162. The van der Waals surface area contributed by atoms with Crippen molar-refractivity contribution in [1.82, 2.24) is 4.90 Å². The average Bonchev–Trinajstić information content (AvgIpc) is 2.30. The number of carbonyl (C=O) groups is 2. The molecule has 0 aromatic heterocycles. The maximum Gasteiger partial charge on any atom is 0.241 e. The monoisotopic (exact) mass is 264 g/mol. The molecule has 1 aromatic rings. The number of hydrogen-bond acceptors (Lipinski definition) is 4. The lowest BCUT2D eigenvalue weighted by molar-refractivity contribution is -0.123. The zero-order valence-corrected chi connectivity index (χ0v) is 11.2. The van der Waals surface area contributed by atoms with Crippen molar-refractivity contribution in [3.05, 3.63) is 29.8 Å². The first kappa shape index (κ1) is 15.1. The van der Waals surface area contributed by atoms with Gasteiger partial charge in [0, 0.05) is 12.2 Å². The van der Waals surface area contributed by atoms with E-state index in [-0.39, 0.29) is 6.42 Å². The molecule has 0 spiro atoms. The summed E-state index contributed by atoms with van der Waals surface area (Å²) in [4.78, 5) is 24.4. The maximum absolute atomic E-state index is 11.7. The van der Waals surface area contributed by atoms with Crippen molar-refractivity contribution in [2.45, 2.75) is 19.0 Å².